The average molecular weight is 301 g/mol. The van der Waals surface area contributed by atoms with Crippen molar-refractivity contribution in [3.8, 4) is 0 Å². The molecule has 0 aromatic heterocycles. The molecule has 1 aliphatic carbocycles. The number of amides is 1. The Kier molecular flexibility index (Phi) is 5.14. The van der Waals surface area contributed by atoms with Crippen molar-refractivity contribution in [1.29, 1.82) is 0 Å². The van der Waals surface area contributed by atoms with Crippen molar-refractivity contribution < 1.29 is 9.69 Å². The van der Waals surface area contributed by atoms with E-state index in [9.17, 15) is 4.79 Å². The molecular weight excluding hydrogens is 272 g/mol. The van der Waals surface area contributed by atoms with E-state index in [0.29, 0.717) is 12.3 Å². The molecule has 3 heteroatoms. The van der Waals surface area contributed by atoms with E-state index in [1.807, 2.05) is 30.3 Å². The lowest BCUT2D eigenvalue weighted by Gasteiger charge is -2.39. The third kappa shape index (κ3) is 3.89. The zero-order chi connectivity index (χ0) is 15.4. The van der Waals surface area contributed by atoms with Crippen LogP contribution in [0, 0.1) is 5.92 Å². The average Bonchev–Trinajstić information content (AvgIpc) is 2.56. The number of quaternary nitrogens is 1. The maximum absolute atomic E-state index is 12.4. The molecule has 1 heterocycles. The normalized spacial score (nSPS) is 26.9. The molecule has 120 valence electrons. The van der Waals surface area contributed by atoms with E-state index >= 15 is 0 Å². The summed E-state index contributed by atoms with van der Waals surface area (Å²) in [4.78, 5) is 16.2. The maximum Gasteiger partial charge on any atom is 0.227 e. The minimum absolute atomic E-state index is 0.294. The van der Waals surface area contributed by atoms with Gasteiger partial charge in [-0.15, -0.1) is 0 Å². The number of hydrogen-bond acceptors (Lipinski definition) is 1. The molecule has 3 nitrogen and oxygen atoms in total. The Hall–Kier alpha value is -1.35. The van der Waals surface area contributed by atoms with Gasteiger partial charge in [-0.25, -0.2) is 0 Å². The summed E-state index contributed by atoms with van der Waals surface area (Å²) in [6.45, 7) is 6.54. The Morgan fingerprint density at radius 1 is 1.18 bits per heavy atom. The molecule has 0 spiro atoms. The van der Waals surface area contributed by atoms with Gasteiger partial charge >= 0.3 is 0 Å². The summed E-state index contributed by atoms with van der Waals surface area (Å²) in [6.07, 6.45) is 6.12. The molecule has 0 bridgehead atoms. The second kappa shape index (κ2) is 7.28. The van der Waals surface area contributed by atoms with Crippen LogP contribution in [-0.2, 0) is 11.2 Å². The summed E-state index contributed by atoms with van der Waals surface area (Å²) >= 11 is 0. The van der Waals surface area contributed by atoms with Gasteiger partial charge in [0.15, 0.2) is 0 Å². The zero-order valence-electron chi connectivity index (χ0n) is 13.8. The SMILES string of the molecule is CC1CCCC([NH+]2CCN(C(=O)Cc3ccccc3)CC2)C1. The molecule has 1 aromatic carbocycles. The quantitative estimate of drug-likeness (QED) is 0.900. The second-order valence-corrected chi connectivity index (χ2v) is 7.17. The van der Waals surface area contributed by atoms with Crippen molar-refractivity contribution in [3.05, 3.63) is 35.9 Å². The molecule has 1 aliphatic heterocycles. The maximum atomic E-state index is 12.4. The largest absolute Gasteiger partial charge is 0.331 e. The van der Waals surface area contributed by atoms with Crippen LogP contribution in [0.25, 0.3) is 0 Å². The lowest BCUT2D eigenvalue weighted by Crippen LogP contribution is -3.18. The van der Waals surface area contributed by atoms with Crippen molar-refractivity contribution in [2.24, 2.45) is 5.92 Å². The highest BCUT2D eigenvalue weighted by molar-refractivity contribution is 5.78. The fraction of sp³-hybridized carbons (Fsp3) is 0.632. The van der Waals surface area contributed by atoms with Crippen LogP contribution in [0.4, 0.5) is 0 Å². The monoisotopic (exact) mass is 301 g/mol. The van der Waals surface area contributed by atoms with E-state index in [2.05, 4.69) is 11.8 Å². The predicted molar refractivity (Wildman–Crippen MR) is 88.8 cm³/mol. The second-order valence-electron chi connectivity index (χ2n) is 7.17. The number of nitrogens with one attached hydrogen (secondary N) is 1. The predicted octanol–water partition coefficient (Wildman–Crippen LogP) is 1.53. The summed E-state index contributed by atoms with van der Waals surface area (Å²) in [6, 6.07) is 11.0. The molecule has 1 amide bonds. The minimum atomic E-state index is 0.294. The first-order valence-electron chi connectivity index (χ1n) is 8.88. The molecule has 3 rings (SSSR count). The summed E-state index contributed by atoms with van der Waals surface area (Å²) < 4.78 is 0. The number of nitrogens with zero attached hydrogens (tertiary/aromatic N) is 1. The molecule has 2 unspecified atom stereocenters. The first-order chi connectivity index (χ1) is 10.7. The highest BCUT2D eigenvalue weighted by Crippen LogP contribution is 2.22. The standard InChI is InChI=1S/C19H28N2O/c1-16-6-5-9-18(14-16)20-10-12-21(13-11-20)19(22)15-17-7-3-2-4-8-17/h2-4,7-8,16,18H,5-6,9-15H2,1H3/p+1. The van der Waals surface area contributed by atoms with E-state index in [1.54, 1.807) is 4.90 Å². The van der Waals surface area contributed by atoms with Gasteiger partial charge in [0.1, 0.15) is 0 Å². The molecular formula is C19H29N2O+. The van der Waals surface area contributed by atoms with Crippen LogP contribution in [-0.4, -0.2) is 43.0 Å². The van der Waals surface area contributed by atoms with Gasteiger partial charge in [-0.05, 0) is 24.3 Å². The van der Waals surface area contributed by atoms with Gasteiger partial charge in [0.25, 0.3) is 0 Å². The van der Waals surface area contributed by atoms with Crippen molar-refractivity contribution in [1.82, 2.24) is 4.90 Å². The van der Waals surface area contributed by atoms with Crippen LogP contribution in [0.5, 0.6) is 0 Å². The number of piperazine rings is 1. The molecule has 1 N–H and O–H groups in total. The molecule has 1 saturated carbocycles. The van der Waals surface area contributed by atoms with Gasteiger partial charge in [-0.2, -0.15) is 0 Å². The molecule has 1 saturated heterocycles. The van der Waals surface area contributed by atoms with Gasteiger partial charge in [-0.3, -0.25) is 4.79 Å². The number of hydrogen-bond donors (Lipinski definition) is 1. The Labute approximate surface area is 134 Å². The topological polar surface area (TPSA) is 24.8 Å². The zero-order valence-corrected chi connectivity index (χ0v) is 13.8. The first kappa shape index (κ1) is 15.5. The van der Waals surface area contributed by atoms with E-state index in [1.165, 1.54) is 25.7 Å². The van der Waals surface area contributed by atoms with Crippen LogP contribution in [0.1, 0.15) is 38.2 Å². The van der Waals surface area contributed by atoms with Gasteiger partial charge in [0.2, 0.25) is 5.91 Å². The van der Waals surface area contributed by atoms with Gasteiger partial charge in [0.05, 0.1) is 38.6 Å². The molecule has 2 aliphatic rings. The van der Waals surface area contributed by atoms with Crippen LogP contribution >= 0.6 is 0 Å². The van der Waals surface area contributed by atoms with Crippen molar-refractivity contribution >= 4 is 5.91 Å². The lowest BCUT2D eigenvalue weighted by atomic mass is 9.86. The summed E-state index contributed by atoms with van der Waals surface area (Å²) in [5, 5.41) is 0. The summed E-state index contributed by atoms with van der Waals surface area (Å²) in [5.74, 6) is 1.19. The summed E-state index contributed by atoms with van der Waals surface area (Å²) in [5.41, 5.74) is 1.13. The third-order valence-corrected chi connectivity index (χ3v) is 5.47. The number of benzene rings is 1. The minimum Gasteiger partial charge on any atom is -0.331 e. The van der Waals surface area contributed by atoms with Gasteiger partial charge < -0.3 is 9.80 Å². The first-order valence-corrected chi connectivity index (χ1v) is 8.88. The number of carbonyl (C=O) groups is 1. The highest BCUT2D eigenvalue weighted by atomic mass is 16.2. The van der Waals surface area contributed by atoms with E-state index in [0.717, 1.165) is 43.7 Å². The van der Waals surface area contributed by atoms with Crippen LogP contribution in [0.15, 0.2) is 30.3 Å². The van der Waals surface area contributed by atoms with Crippen molar-refractivity contribution in [2.75, 3.05) is 26.2 Å². The van der Waals surface area contributed by atoms with Crippen molar-refractivity contribution in [3.63, 3.8) is 0 Å². The van der Waals surface area contributed by atoms with E-state index < -0.39 is 0 Å². The molecule has 1 aromatic rings. The Balaban J connectivity index is 1.48. The Morgan fingerprint density at radius 3 is 2.59 bits per heavy atom. The van der Waals surface area contributed by atoms with Crippen LogP contribution in [0.2, 0.25) is 0 Å². The van der Waals surface area contributed by atoms with Gasteiger partial charge in [-0.1, -0.05) is 43.7 Å². The molecule has 2 fully saturated rings. The molecule has 22 heavy (non-hydrogen) atoms. The fourth-order valence-corrected chi connectivity index (χ4v) is 4.14. The van der Waals surface area contributed by atoms with Crippen molar-refractivity contribution in [2.45, 2.75) is 45.1 Å². The van der Waals surface area contributed by atoms with Crippen LogP contribution in [0.3, 0.4) is 0 Å². The number of carbonyl (C=O) groups excluding carboxylic acids is 1. The number of rotatable bonds is 3. The van der Waals surface area contributed by atoms with E-state index in [4.69, 9.17) is 0 Å². The lowest BCUT2D eigenvalue weighted by molar-refractivity contribution is -0.930. The van der Waals surface area contributed by atoms with Crippen LogP contribution < -0.4 is 4.90 Å². The van der Waals surface area contributed by atoms with E-state index in [-0.39, 0.29) is 0 Å². The Bertz CT molecular complexity index is 479. The molecule has 2 atom stereocenters. The summed E-state index contributed by atoms with van der Waals surface area (Å²) in [7, 11) is 0. The smallest absolute Gasteiger partial charge is 0.227 e. The molecule has 0 radical (unpaired) electrons. The van der Waals surface area contributed by atoms with Gasteiger partial charge in [0, 0.05) is 6.42 Å². The third-order valence-electron chi connectivity index (χ3n) is 5.47. The fourth-order valence-electron chi connectivity index (χ4n) is 4.14. The highest BCUT2D eigenvalue weighted by Gasteiger charge is 2.31. The Morgan fingerprint density at radius 2 is 1.91 bits per heavy atom.